The van der Waals surface area contributed by atoms with E-state index in [-0.39, 0.29) is 17.7 Å². The van der Waals surface area contributed by atoms with E-state index in [0.717, 1.165) is 11.3 Å². The molecule has 0 spiro atoms. The lowest BCUT2D eigenvalue weighted by Gasteiger charge is -2.30. The molecule has 1 aromatic carbocycles. The Bertz CT molecular complexity index is 622. The van der Waals surface area contributed by atoms with Crippen molar-refractivity contribution in [1.82, 2.24) is 4.90 Å². The van der Waals surface area contributed by atoms with E-state index in [9.17, 15) is 13.8 Å². The maximum absolute atomic E-state index is 12.4. The number of piperidine rings is 1. The van der Waals surface area contributed by atoms with Crippen LogP contribution in [0, 0.1) is 5.92 Å². The lowest BCUT2D eigenvalue weighted by atomic mass is 9.95. The number of nitrogens with zero attached hydrogens (tertiary/aromatic N) is 1. The maximum atomic E-state index is 12.4. The maximum Gasteiger partial charge on any atom is 0.245 e. The van der Waals surface area contributed by atoms with Gasteiger partial charge >= 0.3 is 0 Å². The molecule has 1 atom stereocenters. The molecular weight excluding hydrogens is 312 g/mol. The first-order valence-corrected chi connectivity index (χ1v) is 9.33. The first-order valence-electron chi connectivity index (χ1n) is 7.60. The lowest BCUT2D eigenvalue weighted by molar-refractivity contribution is -0.130. The fourth-order valence-corrected chi connectivity index (χ4v) is 3.36. The van der Waals surface area contributed by atoms with Crippen molar-refractivity contribution >= 4 is 28.3 Å². The van der Waals surface area contributed by atoms with Gasteiger partial charge in [-0.1, -0.05) is 18.7 Å². The van der Waals surface area contributed by atoms with Crippen LogP contribution in [0.4, 0.5) is 5.69 Å². The number of rotatable bonds is 5. The highest BCUT2D eigenvalue weighted by atomic mass is 32.2. The largest absolute Gasteiger partial charge is 0.339 e. The van der Waals surface area contributed by atoms with Gasteiger partial charge in [0.15, 0.2) is 0 Å². The molecule has 0 aromatic heterocycles. The highest BCUT2D eigenvalue weighted by Crippen LogP contribution is 2.20. The molecule has 1 fully saturated rings. The van der Waals surface area contributed by atoms with Gasteiger partial charge in [0.1, 0.15) is 0 Å². The fraction of sp³-hybridized carbons (Fsp3) is 0.412. The number of benzene rings is 1. The normalized spacial score (nSPS) is 16.7. The molecule has 2 rings (SSSR count). The number of amides is 2. The van der Waals surface area contributed by atoms with Gasteiger partial charge in [0.05, 0.1) is 0 Å². The molecule has 1 unspecified atom stereocenters. The van der Waals surface area contributed by atoms with Gasteiger partial charge in [0.25, 0.3) is 0 Å². The van der Waals surface area contributed by atoms with Crippen molar-refractivity contribution in [2.45, 2.75) is 18.6 Å². The summed E-state index contributed by atoms with van der Waals surface area (Å²) in [5.74, 6) is 0.286. The molecule has 0 bridgehead atoms. The predicted octanol–water partition coefficient (Wildman–Crippen LogP) is 1.93. The SMILES string of the molecule is C=CC(=O)N1CCC(C(=O)Nc2cccc(CS(C)=O)c2)CC1. The Morgan fingerprint density at radius 3 is 2.70 bits per heavy atom. The number of nitrogens with one attached hydrogen (secondary N) is 1. The average Bonchev–Trinajstić information content (AvgIpc) is 2.54. The monoisotopic (exact) mass is 334 g/mol. The van der Waals surface area contributed by atoms with Crippen LogP contribution in [0.25, 0.3) is 0 Å². The van der Waals surface area contributed by atoms with E-state index in [2.05, 4.69) is 11.9 Å². The minimum absolute atomic E-state index is 0.0227. The highest BCUT2D eigenvalue weighted by Gasteiger charge is 2.26. The predicted molar refractivity (Wildman–Crippen MR) is 92.3 cm³/mol. The zero-order chi connectivity index (χ0) is 16.8. The summed E-state index contributed by atoms with van der Waals surface area (Å²) in [4.78, 5) is 25.6. The zero-order valence-electron chi connectivity index (χ0n) is 13.3. The van der Waals surface area contributed by atoms with E-state index in [0.29, 0.717) is 31.7 Å². The van der Waals surface area contributed by atoms with Crippen LogP contribution in [0.15, 0.2) is 36.9 Å². The minimum atomic E-state index is -0.910. The van der Waals surface area contributed by atoms with Gasteiger partial charge in [0, 0.05) is 47.5 Å². The molecule has 1 aliphatic rings. The summed E-state index contributed by atoms with van der Waals surface area (Å²) in [6.45, 7) is 4.64. The summed E-state index contributed by atoms with van der Waals surface area (Å²) in [7, 11) is -0.910. The summed E-state index contributed by atoms with van der Waals surface area (Å²) in [5, 5.41) is 2.92. The molecule has 1 aromatic rings. The Balaban J connectivity index is 1.91. The Morgan fingerprint density at radius 1 is 1.39 bits per heavy atom. The molecule has 0 aliphatic carbocycles. The van der Waals surface area contributed by atoms with Gasteiger partial charge < -0.3 is 10.2 Å². The first-order chi connectivity index (χ1) is 11.0. The summed E-state index contributed by atoms with van der Waals surface area (Å²) < 4.78 is 11.3. The molecule has 124 valence electrons. The van der Waals surface area contributed by atoms with Crippen molar-refractivity contribution in [3.05, 3.63) is 42.5 Å². The van der Waals surface area contributed by atoms with Crippen molar-refractivity contribution < 1.29 is 13.8 Å². The van der Waals surface area contributed by atoms with Gasteiger partial charge in [-0.25, -0.2) is 0 Å². The van der Waals surface area contributed by atoms with Crippen molar-refractivity contribution in [2.75, 3.05) is 24.7 Å². The molecule has 1 N–H and O–H groups in total. The van der Waals surface area contributed by atoms with Crippen LogP contribution < -0.4 is 5.32 Å². The van der Waals surface area contributed by atoms with Crippen LogP contribution in [-0.2, 0) is 26.1 Å². The van der Waals surface area contributed by atoms with Crippen LogP contribution >= 0.6 is 0 Å². The standard InChI is InChI=1S/C17H22N2O3S/c1-3-16(20)19-9-7-14(8-10-19)17(21)18-15-6-4-5-13(11-15)12-23(2)22/h3-6,11,14H,1,7-10,12H2,2H3,(H,18,21). The van der Waals surface area contributed by atoms with Gasteiger partial charge in [-0.15, -0.1) is 0 Å². The summed E-state index contributed by atoms with van der Waals surface area (Å²) >= 11 is 0. The van der Waals surface area contributed by atoms with E-state index in [1.165, 1.54) is 6.08 Å². The third-order valence-electron chi connectivity index (χ3n) is 3.92. The average molecular weight is 334 g/mol. The van der Waals surface area contributed by atoms with Crippen molar-refractivity contribution in [1.29, 1.82) is 0 Å². The third-order valence-corrected chi connectivity index (χ3v) is 4.66. The Morgan fingerprint density at radius 2 is 2.09 bits per heavy atom. The second-order valence-corrected chi connectivity index (χ2v) is 7.15. The van der Waals surface area contributed by atoms with Crippen LogP contribution in [0.3, 0.4) is 0 Å². The number of carbonyl (C=O) groups excluding carboxylic acids is 2. The number of hydrogen-bond donors (Lipinski definition) is 1. The summed E-state index contributed by atoms with van der Waals surface area (Å²) in [6.07, 6.45) is 4.28. The quantitative estimate of drug-likeness (QED) is 0.837. The lowest BCUT2D eigenvalue weighted by Crippen LogP contribution is -2.40. The second-order valence-electron chi connectivity index (χ2n) is 5.71. The third kappa shape index (κ3) is 5.03. The van der Waals surface area contributed by atoms with Crippen molar-refractivity contribution in [3.63, 3.8) is 0 Å². The van der Waals surface area contributed by atoms with Gasteiger partial charge in [-0.2, -0.15) is 0 Å². The van der Waals surface area contributed by atoms with E-state index in [1.54, 1.807) is 11.2 Å². The van der Waals surface area contributed by atoms with E-state index in [1.807, 2.05) is 24.3 Å². The Hall–Kier alpha value is -1.95. The number of anilines is 1. The molecular formula is C17H22N2O3S. The zero-order valence-corrected chi connectivity index (χ0v) is 14.1. The molecule has 1 aliphatic heterocycles. The molecule has 5 nitrogen and oxygen atoms in total. The van der Waals surface area contributed by atoms with Gasteiger partial charge in [0.2, 0.25) is 11.8 Å². The molecule has 0 saturated carbocycles. The second kappa shape index (κ2) is 8.06. The van der Waals surface area contributed by atoms with Crippen molar-refractivity contribution in [3.8, 4) is 0 Å². The number of likely N-dealkylation sites (tertiary alicyclic amines) is 1. The number of carbonyl (C=O) groups is 2. The molecule has 0 radical (unpaired) electrons. The van der Waals surface area contributed by atoms with E-state index in [4.69, 9.17) is 0 Å². The first kappa shape index (κ1) is 17.4. The van der Waals surface area contributed by atoms with Crippen LogP contribution in [-0.4, -0.2) is 40.3 Å². The Kier molecular flexibility index (Phi) is 6.10. The molecule has 1 heterocycles. The van der Waals surface area contributed by atoms with E-state index >= 15 is 0 Å². The van der Waals surface area contributed by atoms with Crippen LogP contribution in [0.2, 0.25) is 0 Å². The number of hydrogen-bond acceptors (Lipinski definition) is 3. The minimum Gasteiger partial charge on any atom is -0.339 e. The molecule has 1 saturated heterocycles. The van der Waals surface area contributed by atoms with Gasteiger partial charge in [-0.3, -0.25) is 13.8 Å². The van der Waals surface area contributed by atoms with Gasteiger partial charge in [-0.05, 0) is 36.6 Å². The van der Waals surface area contributed by atoms with E-state index < -0.39 is 10.8 Å². The topological polar surface area (TPSA) is 66.5 Å². The summed E-state index contributed by atoms with van der Waals surface area (Å²) in [5.41, 5.74) is 1.66. The molecule has 2 amide bonds. The Labute approximate surface area is 139 Å². The van der Waals surface area contributed by atoms with Crippen LogP contribution in [0.5, 0.6) is 0 Å². The summed E-state index contributed by atoms with van der Waals surface area (Å²) in [6, 6.07) is 7.44. The smallest absolute Gasteiger partial charge is 0.245 e. The fourth-order valence-electron chi connectivity index (χ4n) is 2.71. The van der Waals surface area contributed by atoms with Crippen molar-refractivity contribution in [2.24, 2.45) is 5.92 Å². The molecule has 6 heteroatoms. The highest BCUT2D eigenvalue weighted by molar-refractivity contribution is 7.83. The molecule has 23 heavy (non-hydrogen) atoms. The van der Waals surface area contributed by atoms with Crippen LogP contribution in [0.1, 0.15) is 18.4 Å².